The molecule has 15 heteroatoms. The molecule has 9 rings (SSSR count). The number of aromatic nitrogens is 7. The molecular formula is C41H42N8O6Si. The van der Waals surface area contributed by atoms with Gasteiger partial charge in [-0.05, 0) is 79.7 Å². The van der Waals surface area contributed by atoms with Crippen molar-refractivity contribution in [2.45, 2.75) is 63.2 Å². The molecule has 2 aliphatic rings. The van der Waals surface area contributed by atoms with Crippen LogP contribution in [0, 0.1) is 5.92 Å². The maximum absolute atomic E-state index is 15.3. The summed E-state index contributed by atoms with van der Waals surface area (Å²) in [5.74, 6) is -0.701. The fourth-order valence-electron chi connectivity index (χ4n) is 9.03. The predicted molar refractivity (Wildman–Crippen MR) is 214 cm³/mol. The topological polar surface area (TPSA) is 176 Å². The van der Waals surface area contributed by atoms with Crippen molar-refractivity contribution in [3.05, 3.63) is 135 Å². The first-order valence-corrected chi connectivity index (χ1v) is 21.9. The fourth-order valence-corrected chi connectivity index (χ4v) is 11.6. The number of nitrogens with one attached hydrogen (secondary N) is 2. The van der Waals surface area contributed by atoms with Crippen molar-refractivity contribution in [2.75, 3.05) is 11.5 Å². The molecule has 4 N–H and O–H groups in total. The molecule has 5 heterocycles. The smallest absolute Gasteiger partial charge is 0.279 e. The summed E-state index contributed by atoms with van der Waals surface area (Å²) in [5.41, 5.74) is 3.13. The van der Waals surface area contributed by atoms with Gasteiger partial charge in [0.25, 0.3) is 17.0 Å². The standard InChI is InChI=1S/C41H42N8O6Si/c1-25-37(56(2,3)54)36(17-19-46-24-27(18-20-50)42-45-46)55-41(25)32-22-29(49-39(52)31-12-5-7-14-34(31)44-49)15-16-35(32)47(40(41)53)23-26-9-8-10-28(21-26)48-38(51)30-11-4-6-13-33(30)43-48/h4-16,21-22,24-25,36-37,43-44,50,54H,17-20,23H2,1-3H3/t25-,36+,37-,41+/m1/s1. The maximum Gasteiger partial charge on any atom is 0.279 e. The normalized spacial score (nSPS) is 20.9. The van der Waals surface area contributed by atoms with E-state index in [1.54, 1.807) is 27.9 Å². The fraction of sp³-hybridized carbons (Fsp3) is 0.293. The Labute approximate surface area is 321 Å². The van der Waals surface area contributed by atoms with E-state index >= 15 is 4.79 Å². The molecule has 286 valence electrons. The van der Waals surface area contributed by atoms with Gasteiger partial charge in [0.05, 0.1) is 57.2 Å². The summed E-state index contributed by atoms with van der Waals surface area (Å²) >= 11 is 0. The van der Waals surface area contributed by atoms with Gasteiger partial charge in [-0.3, -0.25) is 29.3 Å². The first kappa shape index (κ1) is 35.8. The SMILES string of the molecule is C[C@@H]1[C@@H]([Si](C)(C)O)[C@H](CCn2cc(CCO)nn2)O[C@@]12C(=O)N(Cc1cccc(-n3[nH]c4ccccc4c3=O)c1)c1ccc(-n3[nH]c4ccccc4c3=O)cc12. The lowest BCUT2D eigenvalue weighted by atomic mass is 9.82. The van der Waals surface area contributed by atoms with Gasteiger partial charge in [0.1, 0.15) is 0 Å². The van der Waals surface area contributed by atoms with Crippen LogP contribution in [0.25, 0.3) is 33.2 Å². The van der Waals surface area contributed by atoms with Crippen LogP contribution in [-0.4, -0.2) is 71.4 Å². The molecule has 14 nitrogen and oxygen atoms in total. The van der Waals surface area contributed by atoms with Gasteiger partial charge in [0.2, 0.25) is 0 Å². The summed E-state index contributed by atoms with van der Waals surface area (Å²) in [4.78, 5) is 55.9. The largest absolute Gasteiger partial charge is 0.432 e. The zero-order chi connectivity index (χ0) is 38.9. The van der Waals surface area contributed by atoms with E-state index in [-0.39, 0.29) is 35.7 Å². The monoisotopic (exact) mass is 770 g/mol. The van der Waals surface area contributed by atoms with Crippen LogP contribution >= 0.6 is 0 Å². The average Bonchev–Trinajstić information content (AvgIpc) is 3.98. The van der Waals surface area contributed by atoms with Gasteiger partial charge < -0.3 is 19.5 Å². The number of benzene rings is 4. The molecule has 1 amide bonds. The van der Waals surface area contributed by atoms with Crippen molar-refractivity contribution in [3.63, 3.8) is 0 Å². The van der Waals surface area contributed by atoms with E-state index in [1.807, 2.05) is 98.9 Å². The van der Waals surface area contributed by atoms with Crippen molar-refractivity contribution in [2.24, 2.45) is 5.92 Å². The van der Waals surface area contributed by atoms with Gasteiger partial charge in [0, 0.05) is 42.8 Å². The lowest BCUT2D eigenvalue weighted by Gasteiger charge is -2.32. The van der Waals surface area contributed by atoms with Gasteiger partial charge in [-0.25, -0.2) is 9.36 Å². The summed E-state index contributed by atoms with van der Waals surface area (Å²) in [6, 6.07) is 27.7. The van der Waals surface area contributed by atoms with Crippen molar-refractivity contribution in [3.8, 4) is 11.4 Å². The quantitative estimate of drug-likeness (QED) is 0.147. The Bertz CT molecular complexity index is 2760. The Kier molecular flexibility index (Phi) is 8.57. The van der Waals surface area contributed by atoms with Crippen molar-refractivity contribution < 1.29 is 19.4 Å². The van der Waals surface area contributed by atoms with Gasteiger partial charge in [0.15, 0.2) is 13.9 Å². The average molecular weight is 771 g/mol. The van der Waals surface area contributed by atoms with Crippen LogP contribution in [0.3, 0.4) is 0 Å². The van der Waals surface area contributed by atoms with Gasteiger partial charge >= 0.3 is 0 Å². The molecule has 0 bridgehead atoms. The Morgan fingerprint density at radius 1 is 0.857 bits per heavy atom. The highest BCUT2D eigenvalue weighted by molar-refractivity contribution is 6.71. The second-order valence-electron chi connectivity index (χ2n) is 15.5. The number of para-hydroxylation sites is 2. The minimum absolute atomic E-state index is 0.0344. The van der Waals surface area contributed by atoms with Crippen LogP contribution in [0.5, 0.6) is 0 Å². The molecule has 7 aromatic rings. The van der Waals surface area contributed by atoms with E-state index in [1.165, 1.54) is 9.36 Å². The number of aryl methyl sites for hydroxylation is 1. The summed E-state index contributed by atoms with van der Waals surface area (Å²) in [6.07, 6.45) is 2.14. The number of hydrogen-bond acceptors (Lipinski definition) is 8. The Morgan fingerprint density at radius 3 is 2.16 bits per heavy atom. The highest BCUT2D eigenvalue weighted by atomic mass is 28.4. The Hall–Kier alpha value is -5.87. The third-order valence-electron chi connectivity index (χ3n) is 11.5. The summed E-state index contributed by atoms with van der Waals surface area (Å²) in [7, 11) is -2.98. The number of anilines is 1. The molecule has 0 saturated carbocycles. The molecule has 3 aromatic heterocycles. The van der Waals surface area contributed by atoms with E-state index in [4.69, 9.17) is 4.74 Å². The molecule has 4 atom stereocenters. The molecule has 1 fully saturated rings. The minimum atomic E-state index is -2.98. The minimum Gasteiger partial charge on any atom is -0.432 e. The van der Waals surface area contributed by atoms with Crippen LogP contribution in [0.15, 0.2) is 107 Å². The van der Waals surface area contributed by atoms with Crippen LogP contribution in [-0.2, 0) is 34.6 Å². The molecule has 0 aliphatic carbocycles. The van der Waals surface area contributed by atoms with Crippen LogP contribution < -0.4 is 16.0 Å². The molecule has 1 spiro atoms. The molecule has 0 radical (unpaired) electrons. The zero-order valence-electron chi connectivity index (χ0n) is 31.2. The first-order valence-electron chi connectivity index (χ1n) is 18.8. The number of carbonyl (C=O) groups is 1. The van der Waals surface area contributed by atoms with E-state index in [9.17, 15) is 19.5 Å². The molecule has 2 aliphatic heterocycles. The predicted octanol–water partition coefficient (Wildman–Crippen LogP) is 4.51. The number of aliphatic hydroxyl groups is 1. The number of amides is 1. The Balaban J connectivity index is 1.14. The number of hydrogen-bond donors (Lipinski definition) is 4. The molecule has 4 aromatic carbocycles. The van der Waals surface area contributed by atoms with Crippen LogP contribution in [0.1, 0.15) is 30.2 Å². The van der Waals surface area contributed by atoms with E-state index in [2.05, 4.69) is 20.5 Å². The number of H-pyrrole nitrogens is 2. The lowest BCUT2D eigenvalue weighted by Crippen LogP contribution is -2.46. The number of rotatable bonds is 10. The van der Waals surface area contributed by atoms with E-state index < -0.39 is 25.9 Å². The second kappa shape index (κ2) is 13.4. The van der Waals surface area contributed by atoms with E-state index in [0.717, 1.165) is 11.1 Å². The van der Waals surface area contributed by atoms with Crippen LogP contribution in [0.2, 0.25) is 18.6 Å². The maximum atomic E-state index is 15.3. The number of aliphatic hydroxyl groups excluding tert-OH is 1. The lowest BCUT2D eigenvalue weighted by molar-refractivity contribution is -0.146. The Morgan fingerprint density at radius 2 is 1.52 bits per heavy atom. The highest BCUT2D eigenvalue weighted by Crippen LogP contribution is 2.60. The molecule has 56 heavy (non-hydrogen) atoms. The molecule has 1 saturated heterocycles. The third-order valence-corrected chi connectivity index (χ3v) is 14.0. The summed E-state index contributed by atoms with van der Waals surface area (Å²) < 4.78 is 11.8. The summed E-state index contributed by atoms with van der Waals surface area (Å²) in [5, 5.41) is 25.3. The summed E-state index contributed by atoms with van der Waals surface area (Å²) in [6.45, 7) is 6.33. The van der Waals surface area contributed by atoms with Crippen molar-refractivity contribution in [1.82, 2.24) is 34.6 Å². The number of nitrogens with zero attached hydrogens (tertiary/aromatic N) is 6. The molecular weight excluding hydrogens is 729 g/mol. The van der Waals surface area contributed by atoms with Gasteiger partial charge in [-0.15, -0.1) is 5.10 Å². The third kappa shape index (κ3) is 5.68. The number of ether oxygens (including phenoxy) is 1. The second-order valence-corrected chi connectivity index (χ2v) is 19.4. The number of aromatic amines is 2. The zero-order valence-corrected chi connectivity index (χ0v) is 32.2. The number of carbonyl (C=O) groups excluding carboxylic acids is 1. The van der Waals surface area contributed by atoms with Gasteiger partial charge in [-0.1, -0.05) is 48.5 Å². The molecule has 0 unspecified atom stereocenters. The van der Waals surface area contributed by atoms with Gasteiger partial charge in [-0.2, -0.15) is 0 Å². The van der Waals surface area contributed by atoms with Crippen molar-refractivity contribution in [1.29, 1.82) is 0 Å². The highest BCUT2D eigenvalue weighted by Gasteiger charge is 2.66. The first-order chi connectivity index (χ1) is 27.0. The number of fused-ring (bicyclic) bond motifs is 4. The van der Waals surface area contributed by atoms with E-state index in [0.29, 0.717) is 64.0 Å². The van der Waals surface area contributed by atoms with Crippen molar-refractivity contribution >= 4 is 41.7 Å². The van der Waals surface area contributed by atoms with Crippen LogP contribution in [0.4, 0.5) is 5.69 Å².